The predicted molar refractivity (Wildman–Crippen MR) is 93.8 cm³/mol. The lowest BCUT2D eigenvalue weighted by atomic mass is 9.92. The standard InChI is InChI=1S/C17H22F3N3O2.ClH/c18-17(19,20)15(23-8-6-21-7-9-23)11-22-16(24)13-5-10-25-14-4-2-1-3-12(13)14;/h1-4,13,15,21H,5-11H2,(H,22,24);1H. The van der Waals surface area contributed by atoms with Gasteiger partial charge in [-0.1, -0.05) is 18.2 Å². The van der Waals surface area contributed by atoms with Crippen LogP contribution in [0.15, 0.2) is 24.3 Å². The predicted octanol–water partition coefficient (Wildman–Crippen LogP) is 1.93. The number of rotatable bonds is 4. The minimum Gasteiger partial charge on any atom is -0.493 e. The number of fused-ring (bicyclic) bond motifs is 1. The first-order chi connectivity index (χ1) is 12.0. The number of amides is 1. The molecule has 2 N–H and O–H groups in total. The third-order valence-electron chi connectivity index (χ3n) is 4.71. The summed E-state index contributed by atoms with van der Waals surface area (Å²) in [5.74, 6) is -0.217. The summed E-state index contributed by atoms with van der Waals surface area (Å²) in [4.78, 5) is 13.9. The maximum Gasteiger partial charge on any atom is 0.405 e. The van der Waals surface area contributed by atoms with Crippen LogP contribution in [0.3, 0.4) is 0 Å². The molecule has 0 spiro atoms. The van der Waals surface area contributed by atoms with Gasteiger partial charge in [0.25, 0.3) is 0 Å². The molecule has 1 saturated heterocycles. The largest absolute Gasteiger partial charge is 0.493 e. The van der Waals surface area contributed by atoms with Crippen LogP contribution in [0.2, 0.25) is 0 Å². The molecule has 146 valence electrons. The van der Waals surface area contributed by atoms with E-state index in [1.807, 2.05) is 6.07 Å². The quantitative estimate of drug-likeness (QED) is 0.820. The van der Waals surface area contributed by atoms with Crippen molar-refractivity contribution < 1.29 is 22.7 Å². The number of para-hydroxylation sites is 1. The van der Waals surface area contributed by atoms with E-state index < -0.39 is 24.7 Å². The first kappa shape index (κ1) is 20.8. The summed E-state index contributed by atoms with van der Waals surface area (Å²) in [6, 6.07) is 5.51. The molecule has 1 fully saturated rings. The summed E-state index contributed by atoms with van der Waals surface area (Å²) in [6.07, 6.45) is -3.91. The number of hydrogen-bond donors (Lipinski definition) is 2. The molecule has 2 heterocycles. The summed E-state index contributed by atoms with van der Waals surface area (Å²) in [6.45, 7) is 1.64. The first-order valence-corrected chi connectivity index (χ1v) is 8.48. The number of piperazine rings is 1. The number of hydrogen-bond acceptors (Lipinski definition) is 4. The van der Waals surface area contributed by atoms with Crippen LogP contribution in [0.1, 0.15) is 17.9 Å². The fourth-order valence-electron chi connectivity index (χ4n) is 3.38. The van der Waals surface area contributed by atoms with Gasteiger partial charge in [0.05, 0.1) is 12.5 Å². The lowest BCUT2D eigenvalue weighted by Crippen LogP contribution is -2.57. The zero-order chi connectivity index (χ0) is 17.9. The van der Waals surface area contributed by atoms with Crippen LogP contribution in [-0.2, 0) is 4.79 Å². The smallest absolute Gasteiger partial charge is 0.405 e. The Kier molecular flexibility index (Phi) is 7.14. The molecule has 9 heteroatoms. The van der Waals surface area contributed by atoms with Gasteiger partial charge < -0.3 is 15.4 Å². The van der Waals surface area contributed by atoms with Crippen LogP contribution >= 0.6 is 12.4 Å². The van der Waals surface area contributed by atoms with Gasteiger partial charge in [-0.2, -0.15) is 13.2 Å². The van der Waals surface area contributed by atoms with Gasteiger partial charge in [-0.05, 0) is 12.5 Å². The number of carbonyl (C=O) groups excluding carboxylic acids is 1. The van der Waals surface area contributed by atoms with Crippen molar-refractivity contribution in [2.45, 2.75) is 24.6 Å². The van der Waals surface area contributed by atoms with Gasteiger partial charge in [0.15, 0.2) is 0 Å². The Bertz CT molecular complexity index is 609. The van der Waals surface area contributed by atoms with Crippen LogP contribution in [0, 0.1) is 0 Å². The van der Waals surface area contributed by atoms with E-state index in [1.54, 1.807) is 18.2 Å². The Labute approximate surface area is 156 Å². The second-order valence-corrected chi connectivity index (χ2v) is 6.32. The summed E-state index contributed by atoms with van der Waals surface area (Å²) in [5, 5.41) is 5.56. The van der Waals surface area contributed by atoms with Gasteiger partial charge in [-0.25, -0.2) is 0 Å². The van der Waals surface area contributed by atoms with Crippen molar-refractivity contribution in [3.8, 4) is 5.75 Å². The molecular formula is C17H23ClF3N3O2. The highest BCUT2D eigenvalue weighted by atomic mass is 35.5. The zero-order valence-electron chi connectivity index (χ0n) is 14.2. The van der Waals surface area contributed by atoms with Gasteiger partial charge in [0, 0.05) is 38.3 Å². The fourth-order valence-corrected chi connectivity index (χ4v) is 3.38. The van der Waals surface area contributed by atoms with Crippen molar-refractivity contribution in [2.24, 2.45) is 0 Å². The Hall–Kier alpha value is -1.51. The Balaban J connectivity index is 0.00000243. The number of nitrogens with one attached hydrogen (secondary N) is 2. The van der Waals surface area contributed by atoms with E-state index in [2.05, 4.69) is 10.6 Å². The zero-order valence-corrected chi connectivity index (χ0v) is 15.0. The van der Waals surface area contributed by atoms with Gasteiger partial charge in [-0.3, -0.25) is 9.69 Å². The van der Waals surface area contributed by atoms with Crippen molar-refractivity contribution >= 4 is 18.3 Å². The second kappa shape index (κ2) is 8.92. The van der Waals surface area contributed by atoms with Crippen molar-refractivity contribution in [2.75, 3.05) is 39.3 Å². The molecule has 0 saturated carbocycles. The molecule has 2 unspecified atom stereocenters. The molecule has 5 nitrogen and oxygen atoms in total. The number of alkyl halides is 3. The molecule has 2 atom stereocenters. The van der Waals surface area contributed by atoms with E-state index in [-0.39, 0.29) is 18.3 Å². The van der Waals surface area contributed by atoms with Gasteiger partial charge in [0.2, 0.25) is 5.91 Å². The lowest BCUT2D eigenvalue weighted by molar-refractivity contribution is -0.184. The fraction of sp³-hybridized carbons (Fsp3) is 0.588. The van der Waals surface area contributed by atoms with Crippen LogP contribution in [-0.4, -0.2) is 62.4 Å². The Morgan fingerprint density at radius 2 is 2.00 bits per heavy atom. The molecular weight excluding hydrogens is 371 g/mol. The Morgan fingerprint density at radius 1 is 1.31 bits per heavy atom. The molecule has 0 aliphatic carbocycles. The van der Waals surface area contributed by atoms with Crippen molar-refractivity contribution in [3.05, 3.63) is 29.8 Å². The number of ether oxygens (including phenoxy) is 1. The number of nitrogens with zero attached hydrogens (tertiary/aromatic N) is 1. The summed E-state index contributed by atoms with van der Waals surface area (Å²) >= 11 is 0. The Morgan fingerprint density at radius 3 is 2.69 bits per heavy atom. The normalized spacial score (nSPS) is 21.7. The molecule has 2 aliphatic rings. The molecule has 0 aromatic heterocycles. The third-order valence-corrected chi connectivity index (χ3v) is 4.71. The summed E-state index contributed by atoms with van der Waals surface area (Å²) in [5.41, 5.74) is 0.733. The summed E-state index contributed by atoms with van der Waals surface area (Å²) in [7, 11) is 0. The average Bonchev–Trinajstić information content (AvgIpc) is 2.61. The van der Waals surface area contributed by atoms with Crippen LogP contribution in [0.25, 0.3) is 0 Å². The van der Waals surface area contributed by atoms with Crippen LogP contribution in [0.4, 0.5) is 13.2 Å². The van der Waals surface area contributed by atoms with E-state index in [9.17, 15) is 18.0 Å². The van der Waals surface area contributed by atoms with Crippen molar-refractivity contribution in [1.82, 2.24) is 15.5 Å². The highest BCUT2D eigenvalue weighted by Gasteiger charge is 2.44. The second-order valence-electron chi connectivity index (χ2n) is 6.32. The monoisotopic (exact) mass is 393 g/mol. The van der Waals surface area contributed by atoms with Crippen LogP contribution in [0.5, 0.6) is 5.75 Å². The molecule has 0 bridgehead atoms. The van der Waals surface area contributed by atoms with Crippen LogP contribution < -0.4 is 15.4 Å². The molecule has 1 aromatic rings. The van der Waals surface area contributed by atoms with E-state index in [1.165, 1.54) is 4.90 Å². The topological polar surface area (TPSA) is 53.6 Å². The highest BCUT2D eigenvalue weighted by Crippen LogP contribution is 2.33. The van der Waals surface area contributed by atoms with Crippen molar-refractivity contribution in [1.29, 1.82) is 0 Å². The van der Waals surface area contributed by atoms with E-state index in [4.69, 9.17) is 4.74 Å². The van der Waals surface area contributed by atoms with E-state index in [0.717, 1.165) is 5.56 Å². The van der Waals surface area contributed by atoms with Gasteiger partial charge in [0.1, 0.15) is 11.8 Å². The van der Waals surface area contributed by atoms with Gasteiger partial charge >= 0.3 is 6.18 Å². The van der Waals surface area contributed by atoms with E-state index in [0.29, 0.717) is 45.0 Å². The molecule has 0 radical (unpaired) electrons. The number of halogens is 4. The molecule has 2 aliphatic heterocycles. The molecule has 26 heavy (non-hydrogen) atoms. The molecule has 1 aromatic carbocycles. The number of carbonyl (C=O) groups is 1. The summed E-state index contributed by atoms with van der Waals surface area (Å²) < 4.78 is 45.7. The number of benzene rings is 1. The SMILES string of the molecule is Cl.O=C(NCC(N1CCNCC1)C(F)(F)F)C1CCOc2ccccc21. The third kappa shape index (κ3) is 4.81. The maximum atomic E-state index is 13.4. The lowest BCUT2D eigenvalue weighted by Gasteiger charge is -2.36. The van der Waals surface area contributed by atoms with E-state index >= 15 is 0 Å². The maximum absolute atomic E-state index is 13.4. The minimum absolute atomic E-state index is 0. The molecule has 3 rings (SSSR count). The van der Waals surface area contributed by atoms with Crippen molar-refractivity contribution in [3.63, 3.8) is 0 Å². The first-order valence-electron chi connectivity index (χ1n) is 8.48. The highest BCUT2D eigenvalue weighted by molar-refractivity contribution is 5.85. The van der Waals surface area contributed by atoms with Gasteiger partial charge in [-0.15, -0.1) is 12.4 Å². The molecule has 1 amide bonds. The minimum atomic E-state index is -4.38. The average molecular weight is 394 g/mol.